The van der Waals surface area contributed by atoms with Gasteiger partial charge in [-0.1, -0.05) is 13.0 Å². The zero-order valence-corrected chi connectivity index (χ0v) is 10.1. The van der Waals surface area contributed by atoms with Crippen LogP contribution in [0.4, 0.5) is 0 Å². The molecule has 0 radical (unpaired) electrons. The maximum atomic E-state index is 5.80. The molecule has 0 aliphatic carbocycles. The normalized spacial score (nSPS) is 25.6. The Kier molecular flexibility index (Phi) is 3.91. The van der Waals surface area contributed by atoms with E-state index in [-0.39, 0.29) is 6.10 Å². The molecule has 0 bridgehead atoms. The molecule has 1 aliphatic heterocycles. The molecule has 1 aromatic heterocycles. The molecular weight excluding hydrogens is 200 g/mol. The van der Waals surface area contributed by atoms with Crippen LogP contribution in [0.3, 0.4) is 0 Å². The first kappa shape index (κ1) is 11.6. The highest BCUT2D eigenvalue weighted by molar-refractivity contribution is 5.16. The minimum Gasteiger partial charge on any atom is -0.373 e. The Hall–Kier alpha value is -0.930. The zero-order chi connectivity index (χ0) is 11.4. The minimum absolute atomic E-state index is 0.214. The van der Waals surface area contributed by atoms with E-state index < -0.39 is 0 Å². The summed E-state index contributed by atoms with van der Waals surface area (Å²) in [6, 6.07) is 4.77. The van der Waals surface area contributed by atoms with Gasteiger partial charge in [0.25, 0.3) is 0 Å². The lowest BCUT2D eigenvalue weighted by atomic mass is 9.98. The number of hydrogen-bond donors (Lipinski definition) is 1. The summed E-state index contributed by atoms with van der Waals surface area (Å²) >= 11 is 0. The molecule has 1 saturated heterocycles. The van der Waals surface area contributed by atoms with Crippen molar-refractivity contribution in [3.05, 3.63) is 29.6 Å². The molecule has 3 heteroatoms. The fourth-order valence-electron chi connectivity index (χ4n) is 2.17. The van der Waals surface area contributed by atoms with E-state index in [1.807, 2.05) is 13.1 Å². The largest absolute Gasteiger partial charge is 0.373 e. The molecule has 3 nitrogen and oxygen atoms in total. The van der Waals surface area contributed by atoms with Crippen molar-refractivity contribution in [1.82, 2.24) is 10.3 Å². The predicted octanol–water partition coefficient (Wildman–Crippen LogP) is 2.22. The monoisotopic (exact) mass is 220 g/mol. The summed E-state index contributed by atoms with van der Waals surface area (Å²) < 4.78 is 5.80. The minimum atomic E-state index is 0.214. The SMILES string of the molecule is CCNC1CCOC(c2ccc(C)nc2)C1. The topological polar surface area (TPSA) is 34.1 Å². The molecule has 1 fully saturated rings. The molecule has 2 rings (SSSR count). The quantitative estimate of drug-likeness (QED) is 0.848. The van der Waals surface area contributed by atoms with E-state index in [1.54, 1.807) is 0 Å². The lowest BCUT2D eigenvalue weighted by Crippen LogP contribution is -2.35. The van der Waals surface area contributed by atoms with Crippen molar-refractivity contribution in [3.63, 3.8) is 0 Å². The molecule has 0 amide bonds. The summed E-state index contributed by atoms with van der Waals surface area (Å²) in [6.07, 6.45) is 4.32. The first-order valence-electron chi connectivity index (χ1n) is 6.07. The Labute approximate surface area is 97.2 Å². The van der Waals surface area contributed by atoms with Gasteiger partial charge in [-0.3, -0.25) is 4.98 Å². The van der Waals surface area contributed by atoms with Gasteiger partial charge in [0, 0.05) is 24.5 Å². The van der Waals surface area contributed by atoms with Crippen LogP contribution in [0.2, 0.25) is 0 Å². The number of rotatable bonds is 3. The first-order valence-corrected chi connectivity index (χ1v) is 6.07. The first-order chi connectivity index (χ1) is 7.79. The van der Waals surface area contributed by atoms with Crippen LogP contribution >= 0.6 is 0 Å². The van der Waals surface area contributed by atoms with Crippen molar-refractivity contribution in [2.24, 2.45) is 0 Å². The van der Waals surface area contributed by atoms with Crippen LogP contribution in [-0.2, 0) is 4.74 Å². The molecule has 16 heavy (non-hydrogen) atoms. The number of hydrogen-bond acceptors (Lipinski definition) is 3. The van der Waals surface area contributed by atoms with Gasteiger partial charge < -0.3 is 10.1 Å². The molecule has 2 atom stereocenters. The van der Waals surface area contributed by atoms with E-state index in [2.05, 4.69) is 29.4 Å². The molecule has 2 unspecified atom stereocenters. The van der Waals surface area contributed by atoms with Crippen LogP contribution in [0, 0.1) is 6.92 Å². The van der Waals surface area contributed by atoms with Crippen molar-refractivity contribution in [2.75, 3.05) is 13.2 Å². The van der Waals surface area contributed by atoms with E-state index in [0.717, 1.165) is 31.7 Å². The van der Waals surface area contributed by atoms with Gasteiger partial charge in [0.1, 0.15) is 0 Å². The van der Waals surface area contributed by atoms with Gasteiger partial charge in [0.2, 0.25) is 0 Å². The summed E-state index contributed by atoms with van der Waals surface area (Å²) in [6.45, 7) is 6.03. The maximum Gasteiger partial charge on any atom is 0.0854 e. The smallest absolute Gasteiger partial charge is 0.0854 e. The highest BCUT2D eigenvalue weighted by Gasteiger charge is 2.23. The van der Waals surface area contributed by atoms with Crippen LogP contribution in [-0.4, -0.2) is 24.2 Å². The molecule has 88 valence electrons. The van der Waals surface area contributed by atoms with Crippen LogP contribution < -0.4 is 5.32 Å². The summed E-state index contributed by atoms with van der Waals surface area (Å²) in [5.74, 6) is 0. The predicted molar refractivity (Wildman–Crippen MR) is 64.4 cm³/mol. The molecule has 0 aromatic carbocycles. The molecule has 1 N–H and O–H groups in total. The number of nitrogens with zero attached hydrogens (tertiary/aromatic N) is 1. The average molecular weight is 220 g/mol. The Morgan fingerprint density at radius 3 is 3.06 bits per heavy atom. The molecule has 2 heterocycles. The van der Waals surface area contributed by atoms with E-state index in [0.29, 0.717) is 6.04 Å². The van der Waals surface area contributed by atoms with Crippen molar-refractivity contribution in [2.45, 2.75) is 38.8 Å². The summed E-state index contributed by atoms with van der Waals surface area (Å²) in [7, 11) is 0. The highest BCUT2D eigenvalue weighted by Crippen LogP contribution is 2.27. The van der Waals surface area contributed by atoms with Gasteiger partial charge in [-0.15, -0.1) is 0 Å². The fraction of sp³-hybridized carbons (Fsp3) is 0.615. The standard InChI is InChI=1S/C13H20N2O/c1-3-14-12-6-7-16-13(8-12)11-5-4-10(2)15-9-11/h4-5,9,12-14H,3,6-8H2,1-2H3. The molecule has 1 aliphatic rings. The van der Waals surface area contributed by atoms with Gasteiger partial charge in [-0.25, -0.2) is 0 Å². The summed E-state index contributed by atoms with van der Waals surface area (Å²) in [5, 5.41) is 3.50. The number of aromatic nitrogens is 1. The third-order valence-electron chi connectivity index (χ3n) is 3.08. The molecule has 0 spiro atoms. The van der Waals surface area contributed by atoms with Crippen LogP contribution in [0.15, 0.2) is 18.3 Å². The van der Waals surface area contributed by atoms with E-state index >= 15 is 0 Å². The Morgan fingerprint density at radius 2 is 2.38 bits per heavy atom. The van der Waals surface area contributed by atoms with Gasteiger partial charge in [0.15, 0.2) is 0 Å². The Balaban J connectivity index is 2.01. The van der Waals surface area contributed by atoms with Crippen molar-refractivity contribution >= 4 is 0 Å². The third-order valence-corrected chi connectivity index (χ3v) is 3.08. The summed E-state index contributed by atoms with van der Waals surface area (Å²) in [5.41, 5.74) is 2.26. The average Bonchev–Trinajstić information content (AvgIpc) is 2.31. The number of nitrogens with one attached hydrogen (secondary N) is 1. The van der Waals surface area contributed by atoms with Crippen molar-refractivity contribution in [3.8, 4) is 0 Å². The van der Waals surface area contributed by atoms with Gasteiger partial charge in [0.05, 0.1) is 6.10 Å². The van der Waals surface area contributed by atoms with Crippen LogP contribution in [0.25, 0.3) is 0 Å². The lowest BCUT2D eigenvalue weighted by Gasteiger charge is -2.30. The van der Waals surface area contributed by atoms with Gasteiger partial charge >= 0.3 is 0 Å². The second kappa shape index (κ2) is 5.41. The molecule has 0 saturated carbocycles. The van der Waals surface area contributed by atoms with Crippen LogP contribution in [0.1, 0.15) is 37.1 Å². The highest BCUT2D eigenvalue weighted by atomic mass is 16.5. The van der Waals surface area contributed by atoms with Crippen molar-refractivity contribution in [1.29, 1.82) is 0 Å². The lowest BCUT2D eigenvalue weighted by molar-refractivity contribution is 0.000401. The maximum absolute atomic E-state index is 5.80. The van der Waals surface area contributed by atoms with Gasteiger partial charge in [-0.2, -0.15) is 0 Å². The van der Waals surface area contributed by atoms with Crippen molar-refractivity contribution < 1.29 is 4.74 Å². The number of ether oxygens (including phenoxy) is 1. The fourth-order valence-corrected chi connectivity index (χ4v) is 2.17. The van der Waals surface area contributed by atoms with E-state index in [4.69, 9.17) is 4.74 Å². The molecule has 1 aromatic rings. The third kappa shape index (κ3) is 2.80. The van der Waals surface area contributed by atoms with Gasteiger partial charge in [-0.05, 0) is 37.9 Å². The van der Waals surface area contributed by atoms with Crippen LogP contribution in [0.5, 0.6) is 0 Å². The molecular formula is C13H20N2O. The van der Waals surface area contributed by atoms with E-state index in [9.17, 15) is 0 Å². The zero-order valence-electron chi connectivity index (χ0n) is 10.1. The number of aryl methyl sites for hydroxylation is 1. The Morgan fingerprint density at radius 1 is 1.50 bits per heavy atom. The van der Waals surface area contributed by atoms with E-state index in [1.165, 1.54) is 5.56 Å². The summed E-state index contributed by atoms with van der Waals surface area (Å²) in [4.78, 5) is 4.32. The Bertz CT molecular complexity index is 321. The second-order valence-corrected chi connectivity index (χ2v) is 4.37. The number of pyridine rings is 1. The second-order valence-electron chi connectivity index (χ2n) is 4.37.